The van der Waals surface area contributed by atoms with E-state index in [4.69, 9.17) is 4.74 Å². The molecule has 0 radical (unpaired) electrons. The number of carbonyl (C=O) groups excluding carboxylic acids is 3. The van der Waals surface area contributed by atoms with Gasteiger partial charge >= 0.3 is 0 Å². The molecule has 0 bridgehead atoms. The lowest BCUT2D eigenvalue weighted by Crippen LogP contribution is -2.52. The fraction of sp³-hybridized carbons (Fsp3) is 0.786. The van der Waals surface area contributed by atoms with E-state index in [9.17, 15) is 18.8 Å². The van der Waals surface area contributed by atoms with Crippen LogP contribution in [0.5, 0.6) is 0 Å². The van der Waals surface area contributed by atoms with E-state index in [0.29, 0.717) is 6.42 Å². The van der Waals surface area contributed by atoms with Crippen molar-refractivity contribution < 1.29 is 23.5 Å². The number of alkyl halides is 1. The van der Waals surface area contributed by atoms with Crippen LogP contribution in [-0.2, 0) is 19.1 Å². The Morgan fingerprint density at radius 3 is 2.71 bits per heavy atom. The van der Waals surface area contributed by atoms with Gasteiger partial charge in [0, 0.05) is 6.92 Å². The molecule has 2 saturated heterocycles. The summed E-state index contributed by atoms with van der Waals surface area (Å²) < 4.78 is 19.0. The van der Waals surface area contributed by atoms with Crippen LogP contribution in [0, 0.1) is 5.92 Å². The van der Waals surface area contributed by atoms with E-state index in [-0.39, 0.29) is 30.8 Å². The van der Waals surface area contributed by atoms with Gasteiger partial charge in [-0.3, -0.25) is 14.4 Å². The van der Waals surface area contributed by atoms with Crippen LogP contribution < -0.4 is 5.32 Å². The molecule has 2 amide bonds. The summed E-state index contributed by atoms with van der Waals surface area (Å²) in [7, 11) is 0. The van der Waals surface area contributed by atoms with Crippen LogP contribution in [0.1, 0.15) is 27.2 Å². The summed E-state index contributed by atoms with van der Waals surface area (Å²) in [5, 5.41) is 2.59. The number of likely N-dealkylation sites (tertiary alicyclic amines) is 1. The molecule has 0 aromatic heterocycles. The summed E-state index contributed by atoms with van der Waals surface area (Å²) in [6, 6.07) is -1.59. The standard InChI is InChI=1S/C14H21FN2O4/c1-7(2)4-10(16-8(3)18)14(20)17-5-9(15)13-12(17)11(19)6-21-13/h7,9-10,12-13H,4-6H2,1-3H3,(H,16,18)/t9-,10-,12+,13+/m0/s1. The maximum atomic E-state index is 13.9. The number of amides is 2. The van der Waals surface area contributed by atoms with Gasteiger partial charge in [-0.15, -0.1) is 0 Å². The van der Waals surface area contributed by atoms with Crippen LogP contribution in [0.25, 0.3) is 0 Å². The van der Waals surface area contributed by atoms with Gasteiger partial charge < -0.3 is 15.0 Å². The Morgan fingerprint density at radius 1 is 1.48 bits per heavy atom. The molecule has 1 N–H and O–H groups in total. The third-order valence-corrected chi connectivity index (χ3v) is 3.79. The zero-order valence-electron chi connectivity index (χ0n) is 12.5. The molecule has 2 rings (SSSR count). The van der Waals surface area contributed by atoms with E-state index in [0.717, 1.165) is 0 Å². The molecule has 7 heteroatoms. The number of nitrogens with zero attached hydrogens (tertiary/aromatic N) is 1. The van der Waals surface area contributed by atoms with Gasteiger partial charge in [-0.2, -0.15) is 0 Å². The molecule has 118 valence electrons. The minimum absolute atomic E-state index is 0.158. The van der Waals surface area contributed by atoms with Crippen LogP contribution in [0.4, 0.5) is 4.39 Å². The minimum atomic E-state index is -1.36. The monoisotopic (exact) mass is 300 g/mol. The van der Waals surface area contributed by atoms with Crippen LogP contribution in [0.15, 0.2) is 0 Å². The maximum Gasteiger partial charge on any atom is 0.245 e. The summed E-state index contributed by atoms with van der Waals surface area (Å²) in [6.45, 7) is 4.87. The van der Waals surface area contributed by atoms with E-state index in [1.54, 1.807) is 0 Å². The van der Waals surface area contributed by atoms with Crippen LogP contribution in [0.3, 0.4) is 0 Å². The quantitative estimate of drug-likeness (QED) is 0.796. The number of hydrogen-bond acceptors (Lipinski definition) is 4. The second-order valence-corrected chi connectivity index (χ2v) is 6.08. The average molecular weight is 300 g/mol. The molecule has 2 aliphatic rings. The van der Waals surface area contributed by atoms with Crippen molar-refractivity contribution in [3.63, 3.8) is 0 Å². The number of hydrogen-bond donors (Lipinski definition) is 1. The molecule has 21 heavy (non-hydrogen) atoms. The first-order valence-corrected chi connectivity index (χ1v) is 7.17. The second kappa shape index (κ2) is 6.09. The predicted molar refractivity (Wildman–Crippen MR) is 72.2 cm³/mol. The summed E-state index contributed by atoms with van der Waals surface area (Å²) in [6.07, 6.45) is -1.78. The molecule has 4 atom stereocenters. The highest BCUT2D eigenvalue weighted by Gasteiger charge is 2.53. The van der Waals surface area contributed by atoms with Gasteiger partial charge in [-0.1, -0.05) is 13.8 Å². The number of ketones is 1. The number of carbonyl (C=O) groups is 3. The summed E-state index contributed by atoms with van der Waals surface area (Å²) in [4.78, 5) is 36.9. The zero-order chi connectivity index (χ0) is 15.7. The average Bonchev–Trinajstić information content (AvgIpc) is 2.89. The highest BCUT2D eigenvalue weighted by Crippen LogP contribution is 2.30. The van der Waals surface area contributed by atoms with Crippen LogP contribution >= 0.6 is 0 Å². The number of fused-ring (bicyclic) bond motifs is 1. The fourth-order valence-corrected chi connectivity index (χ4v) is 2.96. The van der Waals surface area contributed by atoms with E-state index < -0.39 is 30.3 Å². The normalized spacial score (nSPS) is 29.7. The third-order valence-electron chi connectivity index (χ3n) is 3.79. The smallest absolute Gasteiger partial charge is 0.245 e. The molecule has 2 fully saturated rings. The van der Waals surface area contributed by atoms with Crippen molar-refractivity contribution in [3.05, 3.63) is 0 Å². The predicted octanol–water partition coefficient (Wildman–Crippen LogP) is 0.0540. The molecular formula is C14H21FN2O4. The number of nitrogens with one attached hydrogen (secondary N) is 1. The Morgan fingerprint density at radius 2 is 2.14 bits per heavy atom. The Labute approximate surface area is 123 Å². The molecule has 0 spiro atoms. The van der Waals surface area contributed by atoms with E-state index in [1.807, 2.05) is 13.8 Å². The van der Waals surface area contributed by atoms with Crippen molar-refractivity contribution in [1.29, 1.82) is 0 Å². The lowest BCUT2D eigenvalue weighted by Gasteiger charge is -2.27. The van der Waals surface area contributed by atoms with E-state index >= 15 is 0 Å². The van der Waals surface area contributed by atoms with Gasteiger partial charge in [0.2, 0.25) is 11.8 Å². The third kappa shape index (κ3) is 3.23. The van der Waals surface area contributed by atoms with Gasteiger partial charge in [0.05, 0.1) is 6.54 Å². The van der Waals surface area contributed by atoms with Crippen molar-refractivity contribution in [2.75, 3.05) is 13.2 Å². The molecule has 0 aliphatic carbocycles. The Hall–Kier alpha value is -1.50. The molecule has 0 aromatic carbocycles. The first-order chi connectivity index (χ1) is 9.81. The van der Waals surface area contributed by atoms with E-state index in [2.05, 4.69) is 5.32 Å². The van der Waals surface area contributed by atoms with Gasteiger partial charge in [-0.05, 0) is 12.3 Å². The topological polar surface area (TPSA) is 75.7 Å². The number of rotatable bonds is 4. The SMILES string of the molecule is CC(=O)N[C@@H](CC(C)C)C(=O)N1C[C@H](F)[C@H]2OCC(=O)[C@H]21. The molecule has 0 unspecified atom stereocenters. The second-order valence-electron chi connectivity index (χ2n) is 6.08. The molecule has 2 aliphatic heterocycles. The Kier molecular flexibility index (Phi) is 4.61. The molecule has 6 nitrogen and oxygen atoms in total. The highest BCUT2D eigenvalue weighted by atomic mass is 19.1. The first kappa shape index (κ1) is 15.9. The molecule has 0 aromatic rings. The lowest BCUT2D eigenvalue weighted by atomic mass is 10.0. The Balaban J connectivity index is 2.15. The van der Waals surface area contributed by atoms with Crippen molar-refractivity contribution in [2.24, 2.45) is 5.92 Å². The summed E-state index contributed by atoms with van der Waals surface area (Å²) in [5.74, 6) is -0.830. The number of ether oxygens (including phenoxy) is 1. The molecule has 2 heterocycles. The molecule has 0 saturated carbocycles. The largest absolute Gasteiger partial charge is 0.365 e. The van der Waals surface area contributed by atoms with Gasteiger partial charge in [0.15, 0.2) is 5.78 Å². The summed E-state index contributed by atoms with van der Waals surface area (Å²) >= 11 is 0. The first-order valence-electron chi connectivity index (χ1n) is 7.17. The maximum absolute atomic E-state index is 13.9. The summed E-state index contributed by atoms with van der Waals surface area (Å²) in [5.41, 5.74) is 0. The van der Waals surface area contributed by atoms with Crippen molar-refractivity contribution in [3.8, 4) is 0 Å². The fourth-order valence-electron chi connectivity index (χ4n) is 2.96. The van der Waals surface area contributed by atoms with Gasteiger partial charge in [0.1, 0.15) is 31.0 Å². The van der Waals surface area contributed by atoms with E-state index in [1.165, 1.54) is 11.8 Å². The van der Waals surface area contributed by atoms with Crippen LogP contribution in [0.2, 0.25) is 0 Å². The van der Waals surface area contributed by atoms with Crippen molar-refractivity contribution >= 4 is 17.6 Å². The Bertz CT molecular complexity index is 454. The minimum Gasteiger partial charge on any atom is -0.365 e. The number of Topliss-reactive ketones (excluding diaryl/α,β-unsaturated/α-hetero) is 1. The van der Waals surface area contributed by atoms with Crippen LogP contribution in [-0.4, -0.2) is 60.0 Å². The lowest BCUT2D eigenvalue weighted by molar-refractivity contribution is -0.140. The number of halogens is 1. The van der Waals surface area contributed by atoms with Gasteiger partial charge in [0.25, 0.3) is 0 Å². The zero-order valence-corrected chi connectivity index (χ0v) is 12.5. The van der Waals surface area contributed by atoms with Crippen molar-refractivity contribution in [2.45, 2.75) is 51.6 Å². The van der Waals surface area contributed by atoms with Gasteiger partial charge in [-0.25, -0.2) is 4.39 Å². The van der Waals surface area contributed by atoms with Crippen molar-refractivity contribution in [1.82, 2.24) is 10.2 Å². The molecular weight excluding hydrogens is 279 g/mol. The highest BCUT2D eigenvalue weighted by molar-refractivity contribution is 5.95.